The van der Waals surface area contributed by atoms with Crippen LogP contribution in [0.5, 0.6) is 0 Å². The third kappa shape index (κ3) is 2.39. The number of rotatable bonds is 4. The van der Waals surface area contributed by atoms with E-state index in [4.69, 9.17) is 4.74 Å². The van der Waals surface area contributed by atoms with E-state index < -0.39 is 6.10 Å². The van der Waals surface area contributed by atoms with Crippen molar-refractivity contribution in [1.82, 2.24) is 9.78 Å². The molecule has 1 unspecified atom stereocenters. The van der Waals surface area contributed by atoms with Crippen molar-refractivity contribution in [2.24, 2.45) is 0 Å². The molecule has 0 aliphatic carbocycles. The van der Waals surface area contributed by atoms with Crippen molar-refractivity contribution in [2.75, 3.05) is 6.61 Å². The average Bonchev–Trinajstić information content (AvgIpc) is 2.95. The Morgan fingerprint density at radius 3 is 3.15 bits per heavy atom. The molecular formula is C16H18N2O2. The molecule has 1 aliphatic heterocycles. The van der Waals surface area contributed by atoms with Crippen molar-refractivity contribution in [1.29, 1.82) is 0 Å². The molecule has 4 heteroatoms. The van der Waals surface area contributed by atoms with Gasteiger partial charge in [0.2, 0.25) is 0 Å². The molecule has 104 valence electrons. The molecule has 0 spiro atoms. The van der Waals surface area contributed by atoms with Crippen LogP contribution in [0.3, 0.4) is 0 Å². The lowest BCUT2D eigenvalue weighted by Gasteiger charge is -2.24. The number of benzene rings is 1. The van der Waals surface area contributed by atoms with E-state index in [9.17, 15) is 4.79 Å². The molecule has 0 saturated carbocycles. The summed E-state index contributed by atoms with van der Waals surface area (Å²) in [6, 6.07) is 8.01. The van der Waals surface area contributed by atoms with Gasteiger partial charge in [-0.1, -0.05) is 31.2 Å². The summed E-state index contributed by atoms with van der Waals surface area (Å²) in [5.74, 6) is -0.000460. The molecule has 20 heavy (non-hydrogen) atoms. The molecule has 2 aromatic rings. The van der Waals surface area contributed by atoms with Crippen LogP contribution in [0.2, 0.25) is 0 Å². The van der Waals surface area contributed by atoms with Gasteiger partial charge in [0.1, 0.15) is 6.10 Å². The minimum Gasteiger partial charge on any atom is -0.365 e. The van der Waals surface area contributed by atoms with Gasteiger partial charge >= 0.3 is 0 Å². The first-order chi connectivity index (χ1) is 9.79. The highest BCUT2D eigenvalue weighted by atomic mass is 16.5. The van der Waals surface area contributed by atoms with Crippen LogP contribution in [0.1, 0.15) is 40.9 Å². The Balaban J connectivity index is 1.87. The fourth-order valence-corrected chi connectivity index (χ4v) is 2.60. The lowest BCUT2D eigenvalue weighted by Crippen LogP contribution is -2.23. The van der Waals surface area contributed by atoms with Gasteiger partial charge in [0.05, 0.1) is 18.4 Å². The molecule has 1 aromatic carbocycles. The van der Waals surface area contributed by atoms with Gasteiger partial charge in [-0.3, -0.25) is 9.48 Å². The van der Waals surface area contributed by atoms with Crippen molar-refractivity contribution in [3.63, 3.8) is 0 Å². The molecule has 0 N–H and O–H groups in total. The van der Waals surface area contributed by atoms with E-state index >= 15 is 0 Å². The summed E-state index contributed by atoms with van der Waals surface area (Å²) < 4.78 is 7.51. The van der Waals surface area contributed by atoms with Gasteiger partial charge in [-0.25, -0.2) is 0 Å². The van der Waals surface area contributed by atoms with Gasteiger partial charge in [0.15, 0.2) is 5.78 Å². The molecule has 0 fully saturated rings. The van der Waals surface area contributed by atoms with Gasteiger partial charge in [-0.05, 0) is 24.0 Å². The number of Topliss-reactive ketones (excluding diaryl/α,β-unsaturated/α-hetero) is 1. The maximum Gasteiger partial charge on any atom is 0.199 e. The monoisotopic (exact) mass is 270 g/mol. The quantitative estimate of drug-likeness (QED) is 0.802. The highest BCUT2D eigenvalue weighted by Gasteiger charge is 2.28. The smallest absolute Gasteiger partial charge is 0.199 e. The maximum absolute atomic E-state index is 12.6. The summed E-state index contributed by atoms with van der Waals surface area (Å²) in [5.41, 5.74) is 2.82. The van der Waals surface area contributed by atoms with E-state index in [-0.39, 0.29) is 5.78 Å². The summed E-state index contributed by atoms with van der Waals surface area (Å²) in [6.45, 7) is 3.51. The molecule has 0 saturated heterocycles. The second kappa shape index (κ2) is 5.59. The first-order valence-corrected chi connectivity index (χ1v) is 7.05. The highest BCUT2D eigenvalue weighted by Crippen LogP contribution is 2.29. The van der Waals surface area contributed by atoms with Gasteiger partial charge < -0.3 is 4.74 Å². The largest absolute Gasteiger partial charge is 0.365 e. The van der Waals surface area contributed by atoms with E-state index in [1.165, 1.54) is 5.56 Å². The summed E-state index contributed by atoms with van der Waals surface area (Å²) in [4.78, 5) is 12.6. The third-order valence-corrected chi connectivity index (χ3v) is 3.60. The number of ketones is 1. The first kappa shape index (κ1) is 13.1. The molecule has 0 amide bonds. The Morgan fingerprint density at radius 2 is 2.30 bits per heavy atom. The maximum atomic E-state index is 12.6. The summed E-state index contributed by atoms with van der Waals surface area (Å²) in [6.07, 6.45) is 4.83. The fourth-order valence-electron chi connectivity index (χ4n) is 2.60. The van der Waals surface area contributed by atoms with Crippen molar-refractivity contribution in [3.05, 3.63) is 53.3 Å². The molecule has 3 rings (SSSR count). The average molecular weight is 270 g/mol. The van der Waals surface area contributed by atoms with E-state index in [0.717, 1.165) is 24.9 Å². The topological polar surface area (TPSA) is 44.1 Å². The minimum absolute atomic E-state index is 0.000460. The zero-order valence-electron chi connectivity index (χ0n) is 11.6. The Hall–Kier alpha value is -1.94. The van der Waals surface area contributed by atoms with Crippen LogP contribution in [0, 0.1) is 0 Å². The zero-order valence-corrected chi connectivity index (χ0v) is 11.6. The Morgan fingerprint density at radius 1 is 1.45 bits per heavy atom. The summed E-state index contributed by atoms with van der Waals surface area (Å²) >= 11 is 0. The van der Waals surface area contributed by atoms with Gasteiger partial charge in [-0.2, -0.15) is 5.10 Å². The van der Waals surface area contributed by atoms with Crippen LogP contribution < -0.4 is 0 Å². The number of hydrogen-bond acceptors (Lipinski definition) is 3. The Labute approximate surface area is 118 Å². The number of hydrogen-bond donors (Lipinski definition) is 0. The Bertz CT molecular complexity index is 618. The van der Waals surface area contributed by atoms with Crippen molar-refractivity contribution >= 4 is 5.78 Å². The second-order valence-electron chi connectivity index (χ2n) is 5.06. The van der Waals surface area contributed by atoms with E-state index in [0.29, 0.717) is 12.2 Å². The van der Waals surface area contributed by atoms with Crippen LogP contribution >= 0.6 is 0 Å². The van der Waals surface area contributed by atoms with Crippen molar-refractivity contribution in [2.45, 2.75) is 32.4 Å². The molecule has 4 nitrogen and oxygen atoms in total. The Kier molecular flexibility index (Phi) is 3.65. The normalized spacial score (nSPS) is 17.8. The molecule has 1 atom stereocenters. The number of aromatic nitrogens is 2. The second-order valence-corrected chi connectivity index (χ2v) is 5.06. The summed E-state index contributed by atoms with van der Waals surface area (Å²) in [7, 11) is 0. The fraction of sp³-hybridized carbons (Fsp3) is 0.375. The SMILES string of the molecule is CCCn1cc(C(=O)C2OCCc3ccccc32)cn1. The molecular weight excluding hydrogens is 252 g/mol. The number of carbonyl (C=O) groups excluding carboxylic acids is 1. The van der Waals surface area contributed by atoms with Gasteiger partial charge in [-0.15, -0.1) is 0 Å². The standard InChI is InChI=1S/C16H18N2O2/c1-2-8-18-11-13(10-17-18)15(19)16-14-6-4-3-5-12(14)7-9-20-16/h3-6,10-11,16H,2,7-9H2,1H3. The molecule has 0 bridgehead atoms. The van der Waals surface area contributed by atoms with Crippen LogP contribution in [-0.2, 0) is 17.7 Å². The minimum atomic E-state index is -0.487. The van der Waals surface area contributed by atoms with Crippen LogP contribution in [0.15, 0.2) is 36.7 Å². The van der Waals surface area contributed by atoms with Crippen LogP contribution in [-0.4, -0.2) is 22.2 Å². The van der Waals surface area contributed by atoms with Crippen molar-refractivity contribution in [3.8, 4) is 0 Å². The third-order valence-electron chi connectivity index (χ3n) is 3.60. The number of nitrogens with zero attached hydrogens (tertiary/aromatic N) is 2. The first-order valence-electron chi connectivity index (χ1n) is 7.05. The molecule has 0 radical (unpaired) electrons. The molecule has 2 heterocycles. The number of aryl methyl sites for hydroxylation is 1. The van der Waals surface area contributed by atoms with Gasteiger partial charge in [0, 0.05) is 12.7 Å². The van der Waals surface area contributed by atoms with Gasteiger partial charge in [0.25, 0.3) is 0 Å². The highest BCUT2D eigenvalue weighted by molar-refractivity contribution is 6.00. The lowest BCUT2D eigenvalue weighted by molar-refractivity contribution is 0.0349. The number of carbonyl (C=O) groups is 1. The van der Waals surface area contributed by atoms with Crippen LogP contribution in [0.4, 0.5) is 0 Å². The predicted molar refractivity (Wildman–Crippen MR) is 75.7 cm³/mol. The molecule has 1 aromatic heterocycles. The number of fused-ring (bicyclic) bond motifs is 1. The molecule has 1 aliphatic rings. The summed E-state index contributed by atoms with van der Waals surface area (Å²) in [5, 5.41) is 4.22. The van der Waals surface area contributed by atoms with E-state index in [1.807, 2.05) is 29.1 Å². The zero-order chi connectivity index (χ0) is 13.9. The van der Waals surface area contributed by atoms with E-state index in [2.05, 4.69) is 18.1 Å². The predicted octanol–water partition coefficient (Wildman–Crippen LogP) is 2.79. The van der Waals surface area contributed by atoms with E-state index in [1.54, 1.807) is 6.20 Å². The van der Waals surface area contributed by atoms with Crippen molar-refractivity contribution < 1.29 is 9.53 Å². The lowest BCUT2D eigenvalue weighted by atomic mass is 9.93. The van der Waals surface area contributed by atoms with Crippen LogP contribution in [0.25, 0.3) is 0 Å². The number of ether oxygens (including phenoxy) is 1.